The molecule has 0 amide bonds. The third-order valence-electron chi connectivity index (χ3n) is 8.22. The van der Waals surface area contributed by atoms with Gasteiger partial charge in [0, 0.05) is 33.5 Å². The summed E-state index contributed by atoms with van der Waals surface area (Å²) in [6.45, 7) is 0. The van der Waals surface area contributed by atoms with Gasteiger partial charge in [0.25, 0.3) is 0 Å². The van der Waals surface area contributed by atoms with Gasteiger partial charge in [-0.3, -0.25) is 4.98 Å². The molecule has 0 radical (unpaired) electrons. The second kappa shape index (κ2) is 8.05. The minimum Gasteiger partial charge on any atom is -0.256 e. The number of fused-ring (bicyclic) bond motifs is 7. The third kappa shape index (κ3) is 3.09. The highest BCUT2D eigenvalue weighted by molar-refractivity contribution is 6.15. The Hall–Kier alpha value is -5.41. The number of hydrogen-bond donors (Lipinski definition) is 0. The summed E-state index contributed by atoms with van der Waals surface area (Å²) in [7, 11) is 0. The van der Waals surface area contributed by atoms with E-state index in [9.17, 15) is 0 Å². The summed E-state index contributed by atoms with van der Waals surface area (Å²) in [6, 6.07) is 43.1. The average Bonchev–Trinajstić information content (AvgIpc) is 3.35. The first-order chi connectivity index (χ1) is 19.8. The van der Waals surface area contributed by atoms with E-state index in [1.165, 1.54) is 33.0 Å². The molecule has 0 unspecified atom stereocenters. The van der Waals surface area contributed by atoms with Crippen molar-refractivity contribution in [3.05, 3.63) is 128 Å². The van der Waals surface area contributed by atoms with Gasteiger partial charge < -0.3 is 0 Å². The normalized spacial score (nSPS) is 12.0. The molecule has 3 heterocycles. The van der Waals surface area contributed by atoms with E-state index in [1.54, 1.807) is 0 Å². The maximum atomic E-state index is 5.21. The standard InChI is InChI=1S/C37H21N3/c1-4-22-5-2-8-30-31-21-27(11-15-28(31)29(7-1)35(22)30)34-18-13-24-10-9-23-12-17-33(39-36(23)37(24)40-34)26-14-16-32-25(20-26)6-3-19-38-32/h1-21H. The summed E-state index contributed by atoms with van der Waals surface area (Å²) < 4.78 is 0. The molecule has 3 heteroatoms. The Morgan fingerprint density at radius 2 is 1.02 bits per heavy atom. The van der Waals surface area contributed by atoms with Crippen molar-refractivity contribution in [2.75, 3.05) is 0 Å². The molecular formula is C37H21N3. The molecule has 0 saturated heterocycles. The minimum absolute atomic E-state index is 0.918. The highest BCUT2D eigenvalue weighted by atomic mass is 14.8. The number of benzene rings is 5. The topological polar surface area (TPSA) is 38.7 Å². The van der Waals surface area contributed by atoms with Gasteiger partial charge in [-0.25, -0.2) is 9.97 Å². The molecule has 0 saturated carbocycles. The smallest absolute Gasteiger partial charge is 0.0972 e. The highest BCUT2D eigenvalue weighted by Crippen LogP contribution is 2.48. The Bertz CT molecular complexity index is 2330. The van der Waals surface area contributed by atoms with Gasteiger partial charge in [0.2, 0.25) is 0 Å². The summed E-state index contributed by atoms with van der Waals surface area (Å²) in [5.41, 5.74) is 12.1. The van der Waals surface area contributed by atoms with Crippen molar-refractivity contribution in [1.82, 2.24) is 15.0 Å². The van der Waals surface area contributed by atoms with E-state index in [4.69, 9.17) is 9.97 Å². The van der Waals surface area contributed by atoms with Crippen LogP contribution < -0.4 is 0 Å². The summed E-state index contributed by atoms with van der Waals surface area (Å²) >= 11 is 0. The predicted octanol–water partition coefficient (Wildman–Crippen LogP) is 9.47. The Morgan fingerprint density at radius 1 is 0.400 bits per heavy atom. The molecule has 0 aliphatic heterocycles. The zero-order valence-electron chi connectivity index (χ0n) is 21.5. The van der Waals surface area contributed by atoms with E-state index in [0.29, 0.717) is 0 Å². The number of rotatable bonds is 2. The molecule has 3 nitrogen and oxygen atoms in total. The van der Waals surface area contributed by atoms with Crippen LogP contribution in [0.1, 0.15) is 0 Å². The molecule has 184 valence electrons. The number of pyridine rings is 3. The third-order valence-corrected chi connectivity index (χ3v) is 8.22. The van der Waals surface area contributed by atoms with E-state index in [0.717, 1.165) is 55.2 Å². The Morgan fingerprint density at radius 3 is 1.77 bits per heavy atom. The van der Waals surface area contributed by atoms with Crippen LogP contribution in [0.4, 0.5) is 0 Å². The zero-order valence-corrected chi connectivity index (χ0v) is 21.5. The molecule has 5 aromatic carbocycles. The highest BCUT2D eigenvalue weighted by Gasteiger charge is 2.21. The van der Waals surface area contributed by atoms with Gasteiger partial charge in [-0.2, -0.15) is 0 Å². The van der Waals surface area contributed by atoms with Crippen molar-refractivity contribution in [3.8, 4) is 44.8 Å². The van der Waals surface area contributed by atoms with Gasteiger partial charge >= 0.3 is 0 Å². The van der Waals surface area contributed by atoms with Crippen LogP contribution in [0.3, 0.4) is 0 Å². The predicted molar refractivity (Wildman–Crippen MR) is 165 cm³/mol. The van der Waals surface area contributed by atoms with Crippen molar-refractivity contribution >= 4 is 43.5 Å². The Balaban J connectivity index is 1.21. The lowest BCUT2D eigenvalue weighted by molar-refractivity contribution is 1.36. The molecule has 1 aliphatic rings. The summed E-state index contributed by atoms with van der Waals surface area (Å²) in [5, 5.41) is 5.90. The molecule has 3 aromatic heterocycles. The fourth-order valence-corrected chi connectivity index (χ4v) is 6.28. The van der Waals surface area contributed by atoms with Crippen LogP contribution in [-0.2, 0) is 0 Å². The molecule has 40 heavy (non-hydrogen) atoms. The molecule has 9 rings (SSSR count). The van der Waals surface area contributed by atoms with Crippen LogP contribution in [0, 0.1) is 0 Å². The molecule has 0 N–H and O–H groups in total. The van der Waals surface area contributed by atoms with Gasteiger partial charge in [-0.05, 0) is 69.4 Å². The van der Waals surface area contributed by atoms with Crippen molar-refractivity contribution in [1.29, 1.82) is 0 Å². The summed E-state index contributed by atoms with van der Waals surface area (Å²) in [6.07, 6.45) is 1.83. The lowest BCUT2D eigenvalue weighted by atomic mass is 9.99. The monoisotopic (exact) mass is 507 g/mol. The Kier molecular flexibility index (Phi) is 4.33. The van der Waals surface area contributed by atoms with Crippen LogP contribution in [0.2, 0.25) is 0 Å². The summed E-state index contributed by atoms with van der Waals surface area (Å²) in [4.78, 5) is 14.8. The van der Waals surface area contributed by atoms with Crippen LogP contribution in [-0.4, -0.2) is 15.0 Å². The summed E-state index contributed by atoms with van der Waals surface area (Å²) in [5.74, 6) is 0. The molecule has 8 aromatic rings. The number of nitrogens with zero attached hydrogens (tertiary/aromatic N) is 3. The Labute approximate surface area is 230 Å². The van der Waals surface area contributed by atoms with E-state index in [-0.39, 0.29) is 0 Å². The van der Waals surface area contributed by atoms with Gasteiger partial charge in [0.05, 0.1) is 27.9 Å². The first-order valence-electron chi connectivity index (χ1n) is 13.5. The quantitative estimate of drug-likeness (QED) is 0.219. The van der Waals surface area contributed by atoms with E-state index < -0.39 is 0 Å². The van der Waals surface area contributed by atoms with E-state index in [2.05, 4.69) is 120 Å². The van der Waals surface area contributed by atoms with Gasteiger partial charge in [0.1, 0.15) is 0 Å². The lowest BCUT2D eigenvalue weighted by Gasteiger charge is -2.10. The van der Waals surface area contributed by atoms with Crippen molar-refractivity contribution in [2.45, 2.75) is 0 Å². The van der Waals surface area contributed by atoms with Gasteiger partial charge in [-0.15, -0.1) is 0 Å². The number of hydrogen-bond acceptors (Lipinski definition) is 3. The molecule has 1 aliphatic carbocycles. The van der Waals surface area contributed by atoms with E-state index in [1.807, 2.05) is 12.3 Å². The van der Waals surface area contributed by atoms with Crippen molar-refractivity contribution < 1.29 is 0 Å². The molecule has 0 atom stereocenters. The fraction of sp³-hybridized carbons (Fsp3) is 0. The van der Waals surface area contributed by atoms with Crippen LogP contribution in [0.5, 0.6) is 0 Å². The second-order valence-corrected chi connectivity index (χ2v) is 10.5. The van der Waals surface area contributed by atoms with Gasteiger partial charge in [-0.1, -0.05) is 84.9 Å². The van der Waals surface area contributed by atoms with Crippen LogP contribution >= 0.6 is 0 Å². The SMILES string of the molecule is c1cnc2ccc(-c3ccc4ccc5ccc(-c6ccc7c(c6)-c6cccc8cccc-7c68)nc5c4n3)cc2c1. The molecule has 0 bridgehead atoms. The fourth-order valence-electron chi connectivity index (χ4n) is 6.28. The van der Waals surface area contributed by atoms with Crippen molar-refractivity contribution in [3.63, 3.8) is 0 Å². The zero-order chi connectivity index (χ0) is 26.2. The van der Waals surface area contributed by atoms with Crippen molar-refractivity contribution in [2.24, 2.45) is 0 Å². The van der Waals surface area contributed by atoms with Crippen LogP contribution in [0.25, 0.3) is 88.2 Å². The minimum atomic E-state index is 0.918. The average molecular weight is 508 g/mol. The molecule has 0 spiro atoms. The second-order valence-electron chi connectivity index (χ2n) is 10.5. The first-order valence-corrected chi connectivity index (χ1v) is 13.5. The first kappa shape index (κ1) is 21.5. The van der Waals surface area contributed by atoms with Gasteiger partial charge in [0.15, 0.2) is 0 Å². The molecular weight excluding hydrogens is 486 g/mol. The maximum Gasteiger partial charge on any atom is 0.0972 e. The van der Waals surface area contributed by atoms with Crippen LogP contribution in [0.15, 0.2) is 128 Å². The number of aromatic nitrogens is 3. The largest absolute Gasteiger partial charge is 0.256 e. The van der Waals surface area contributed by atoms with E-state index >= 15 is 0 Å². The maximum absolute atomic E-state index is 5.21. The molecule has 0 fully saturated rings. The lowest BCUT2D eigenvalue weighted by Crippen LogP contribution is -1.91.